The zero-order chi connectivity index (χ0) is 10.8. The largest absolute Gasteiger partial charge is 0.381 e. The predicted octanol–water partition coefficient (Wildman–Crippen LogP) is 1.47. The molecule has 16 heavy (non-hydrogen) atoms. The number of carbonyl (C=O) groups excluding carboxylic acids is 1. The number of hydrogen-bond donors (Lipinski definition) is 1. The SMILES string of the molecule is O=C1CC2(CC[C@@H]3C[C@@H]32)C2(CCOCC2)N1. The molecule has 0 aromatic rings. The van der Waals surface area contributed by atoms with Gasteiger partial charge in [-0.05, 0) is 43.9 Å². The van der Waals surface area contributed by atoms with Gasteiger partial charge >= 0.3 is 0 Å². The van der Waals surface area contributed by atoms with Crippen molar-refractivity contribution < 1.29 is 9.53 Å². The molecule has 3 nitrogen and oxygen atoms in total. The number of carbonyl (C=O) groups is 1. The van der Waals surface area contributed by atoms with Crippen molar-refractivity contribution in [3.05, 3.63) is 0 Å². The van der Waals surface area contributed by atoms with Crippen LogP contribution in [0.15, 0.2) is 0 Å². The summed E-state index contributed by atoms with van der Waals surface area (Å²) in [6, 6.07) is 0. The number of fused-ring (bicyclic) bond motifs is 3. The van der Waals surface area contributed by atoms with Crippen LogP contribution in [-0.2, 0) is 9.53 Å². The summed E-state index contributed by atoms with van der Waals surface area (Å²) < 4.78 is 5.49. The van der Waals surface area contributed by atoms with Crippen molar-refractivity contribution in [2.24, 2.45) is 17.3 Å². The Labute approximate surface area is 95.9 Å². The molecule has 3 atom stereocenters. The highest BCUT2D eigenvalue weighted by Gasteiger charge is 2.69. The van der Waals surface area contributed by atoms with Crippen LogP contribution in [0.5, 0.6) is 0 Å². The van der Waals surface area contributed by atoms with Crippen molar-refractivity contribution in [1.82, 2.24) is 5.32 Å². The van der Waals surface area contributed by atoms with E-state index < -0.39 is 0 Å². The molecule has 4 aliphatic rings. The molecule has 0 radical (unpaired) electrons. The first-order valence-corrected chi connectivity index (χ1v) is 6.65. The zero-order valence-corrected chi connectivity index (χ0v) is 9.63. The maximum Gasteiger partial charge on any atom is 0.221 e. The second kappa shape index (κ2) is 2.81. The average Bonchev–Trinajstić information content (AvgIpc) is 2.92. The Morgan fingerprint density at radius 3 is 2.69 bits per heavy atom. The Kier molecular flexibility index (Phi) is 1.66. The van der Waals surface area contributed by atoms with Crippen LogP contribution in [0.2, 0.25) is 0 Å². The van der Waals surface area contributed by atoms with Crippen molar-refractivity contribution in [2.45, 2.75) is 44.1 Å². The Hall–Kier alpha value is -0.570. The van der Waals surface area contributed by atoms with E-state index >= 15 is 0 Å². The van der Waals surface area contributed by atoms with Crippen molar-refractivity contribution in [1.29, 1.82) is 0 Å². The highest BCUT2D eigenvalue weighted by molar-refractivity contribution is 5.81. The summed E-state index contributed by atoms with van der Waals surface area (Å²) in [6.07, 6.45) is 6.92. The second-order valence-corrected chi connectivity index (χ2v) is 6.22. The molecule has 3 heteroatoms. The first kappa shape index (κ1) is 9.46. The van der Waals surface area contributed by atoms with Crippen molar-refractivity contribution in [3.63, 3.8) is 0 Å². The molecular weight excluding hydrogens is 202 g/mol. The van der Waals surface area contributed by atoms with E-state index in [0.29, 0.717) is 11.3 Å². The standard InChI is InChI=1S/C13H19NO2/c15-11-8-12(2-1-9-7-10(9)12)13(14-11)3-5-16-6-4-13/h9-10H,1-8H2,(H,14,15)/t9-,10+,12?/m1/s1. The fourth-order valence-electron chi connectivity index (χ4n) is 4.92. The summed E-state index contributed by atoms with van der Waals surface area (Å²) in [5.41, 5.74) is 0.427. The quantitative estimate of drug-likeness (QED) is 0.672. The van der Waals surface area contributed by atoms with E-state index in [9.17, 15) is 4.79 Å². The third kappa shape index (κ3) is 0.963. The lowest BCUT2D eigenvalue weighted by Crippen LogP contribution is -2.56. The van der Waals surface area contributed by atoms with E-state index in [2.05, 4.69) is 5.32 Å². The fraction of sp³-hybridized carbons (Fsp3) is 0.923. The van der Waals surface area contributed by atoms with Gasteiger partial charge in [0.15, 0.2) is 0 Å². The van der Waals surface area contributed by atoms with Crippen LogP contribution < -0.4 is 5.32 Å². The van der Waals surface area contributed by atoms with Crippen LogP contribution in [0.25, 0.3) is 0 Å². The molecule has 0 aromatic heterocycles. The monoisotopic (exact) mass is 221 g/mol. The molecule has 2 aliphatic carbocycles. The Bertz CT molecular complexity index is 348. The highest BCUT2D eigenvalue weighted by atomic mass is 16.5. The minimum atomic E-state index is 0.109. The van der Waals surface area contributed by atoms with Gasteiger partial charge in [-0.1, -0.05) is 0 Å². The lowest BCUT2D eigenvalue weighted by Gasteiger charge is -2.46. The molecule has 2 saturated heterocycles. The zero-order valence-electron chi connectivity index (χ0n) is 9.63. The van der Waals surface area contributed by atoms with Crippen molar-refractivity contribution >= 4 is 5.91 Å². The van der Waals surface area contributed by atoms with Gasteiger partial charge in [-0.25, -0.2) is 0 Å². The highest BCUT2D eigenvalue weighted by Crippen LogP contribution is 2.70. The summed E-state index contributed by atoms with van der Waals surface area (Å²) in [7, 11) is 0. The van der Waals surface area contributed by atoms with E-state index in [4.69, 9.17) is 4.74 Å². The number of amides is 1. The molecule has 88 valence electrons. The Balaban J connectivity index is 1.75. The Morgan fingerprint density at radius 1 is 1.25 bits per heavy atom. The van der Waals surface area contributed by atoms with Crippen LogP contribution >= 0.6 is 0 Å². The van der Waals surface area contributed by atoms with Crippen LogP contribution in [-0.4, -0.2) is 24.7 Å². The molecule has 4 rings (SSSR count). The van der Waals surface area contributed by atoms with Gasteiger partial charge in [0.05, 0.1) is 5.54 Å². The number of hydrogen-bond acceptors (Lipinski definition) is 2. The molecule has 0 aromatic carbocycles. The van der Waals surface area contributed by atoms with Crippen molar-refractivity contribution in [2.75, 3.05) is 13.2 Å². The smallest absolute Gasteiger partial charge is 0.221 e. The molecule has 4 fully saturated rings. The van der Waals surface area contributed by atoms with E-state index in [-0.39, 0.29) is 5.54 Å². The maximum atomic E-state index is 11.9. The molecular formula is C13H19NO2. The third-order valence-electron chi connectivity index (χ3n) is 5.75. The second-order valence-electron chi connectivity index (χ2n) is 6.22. The average molecular weight is 221 g/mol. The minimum Gasteiger partial charge on any atom is -0.381 e. The molecule has 2 heterocycles. The van der Waals surface area contributed by atoms with Gasteiger partial charge in [-0.3, -0.25) is 4.79 Å². The summed E-state index contributed by atoms with van der Waals surface area (Å²) in [6.45, 7) is 1.67. The summed E-state index contributed by atoms with van der Waals surface area (Å²) in [5, 5.41) is 3.34. The van der Waals surface area contributed by atoms with Crippen molar-refractivity contribution in [3.8, 4) is 0 Å². The van der Waals surface area contributed by atoms with Gasteiger partial charge in [0.1, 0.15) is 0 Å². The molecule has 2 saturated carbocycles. The number of nitrogens with one attached hydrogen (secondary N) is 1. The normalized spacial score (nSPS) is 48.4. The van der Waals surface area contributed by atoms with E-state index in [1.807, 2.05) is 0 Å². The van der Waals surface area contributed by atoms with Gasteiger partial charge < -0.3 is 10.1 Å². The topological polar surface area (TPSA) is 38.3 Å². The summed E-state index contributed by atoms with van der Waals surface area (Å²) in [4.78, 5) is 11.9. The summed E-state index contributed by atoms with van der Waals surface area (Å²) >= 11 is 0. The predicted molar refractivity (Wildman–Crippen MR) is 58.8 cm³/mol. The lowest BCUT2D eigenvalue weighted by molar-refractivity contribution is -0.120. The molecule has 0 bridgehead atoms. The van der Waals surface area contributed by atoms with Crippen LogP contribution in [0.1, 0.15) is 38.5 Å². The molecule has 1 amide bonds. The van der Waals surface area contributed by atoms with E-state index in [1.165, 1.54) is 19.3 Å². The fourth-order valence-corrected chi connectivity index (χ4v) is 4.92. The third-order valence-corrected chi connectivity index (χ3v) is 5.75. The number of ether oxygens (including phenoxy) is 1. The van der Waals surface area contributed by atoms with E-state index in [0.717, 1.165) is 44.3 Å². The molecule has 2 spiro atoms. The van der Waals surface area contributed by atoms with Gasteiger partial charge in [-0.15, -0.1) is 0 Å². The van der Waals surface area contributed by atoms with E-state index in [1.54, 1.807) is 0 Å². The van der Waals surface area contributed by atoms with Gasteiger partial charge in [0.25, 0.3) is 0 Å². The van der Waals surface area contributed by atoms with Crippen LogP contribution in [0.4, 0.5) is 0 Å². The first-order valence-electron chi connectivity index (χ1n) is 6.65. The lowest BCUT2D eigenvalue weighted by atomic mass is 9.63. The molecule has 1 N–H and O–H groups in total. The van der Waals surface area contributed by atoms with Gasteiger partial charge in [0, 0.05) is 25.0 Å². The summed E-state index contributed by atoms with van der Waals surface area (Å²) in [5.74, 6) is 2.10. The maximum absolute atomic E-state index is 11.9. The number of rotatable bonds is 0. The molecule has 2 aliphatic heterocycles. The minimum absolute atomic E-state index is 0.109. The van der Waals surface area contributed by atoms with Crippen LogP contribution in [0.3, 0.4) is 0 Å². The molecule has 1 unspecified atom stereocenters. The first-order chi connectivity index (χ1) is 7.76. The van der Waals surface area contributed by atoms with Gasteiger partial charge in [0.2, 0.25) is 5.91 Å². The van der Waals surface area contributed by atoms with Gasteiger partial charge in [-0.2, -0.15) is 0 Å². The Morgan fingerprint density at radius 2 is 2.06 bits per heavy atom. The van der Waals surface area contributed by atoms with Crippen LogP contribution in [0, 0.1) is 17.3 Å².